The number of aryl methyl sites for hydroxylation is 1. The highest BCUT2D eigenvalue weighted by atomic mass is 16.5. The summed E-state index contributed by atoms with van der Waals surface area (Å²) in [4.78, 5) is 32.2. The molecule has 0 aliphatic carbocycles. The first-order valence-electron chi connectivity index (χ1n) is 13.9. The van der Waals surface area contributed by atoms with Crippen LogP contribution >= 0.6 is 0 Å². The van der Waals surface area contributed by atoms with Gasteiger partial charge in [-0.3, -0.25) is 24.3 Å². The summed E-state index contributed by atoms with van der Waals surface area (Å²) in [6.45, 7) is 13.7. The van der Waals surface area contributed by atoms with Gasteiger partial charge in [-0.25, -0.2) is 0 Å². The van der Waals surface area contributed by atoms with Crippen LogP contribution < -0.4 is 4.74 Å². The molecule has 2 amide bonds. The predicted octanol–water partition coefficient (Wildman–Crippen LogP) is 4.10. The van der Waals surface area contributed by atoms with Crippen LogP contribution in [0.2, 0.25) is 0 Å². The van der Waals surface area contributed by atoms with Gasteiger partial charge >= 0.3 is 0 Å². The van der Waals surface area contributed by atoms with E-state index in [-0.39, 0.29) is 23.8 Å². The molecule has 1 saturated heterocycles. The number of carbonyl (C=O) groups is 2. The van der Waals surface area contributed by atoms with Crippen molar-refractivity contribution in [3.05, 3.63) is 76.9 Å². The lowest BCUT2D eigenvalue weighted by molar-refractivity contribution is 0.0413. The Morgan fingerprint density at radius 3 is 2.10 bits per heavy atom. The van der Waals surface area contributed by atoms with E-state index in [1.54, 1.807) is 0 Å². The predicted molar refractivity (Wildman–Crippen MR) is 154 cm³/mol. The molecule has 0 spiro atoms. The normalized spacial score (nSPS) is 17.6. The van der Waals surface area contributed by atoms with Crippen LogP contribution in [0, 0.1) is 6.92 Å². The molecule has 0 aromatic heterocycles. The Kier molecular flexibility index (Phi) is 7.76. The lowest BCUT2D eigenvalue weighted by atomic mass is 9.85. The zero-order valence-corrected chi connectivity index (χ0v) is 23.4. The maximum absolute atomic E-state index is 13.2. The van der Waals surface area contributed by atoms with E-state index < -0.39 is 6.10 Å². The van der Waals surface area contributed by atoms with Gasteiger partial charge in [0.15, 0.2) is 0 Å². The first-order valence-corrected chi connectivity index (χ1v) is 13.9. The Labute approximate surface area is 231 Å². The maximum atomic E-state index is 13.2. The SMILES string of the molecule is Cc1ccc(OCC(O)CN2CCN(CCN3C(=O)c4cccc5cccc(c45)C3=O)CC2)c(C(C)(C)C)c1. The van der Waals surface area contributed by atoms with E-state index in [2.05, 4.69) is 43.6 Å². The highest BCUT2D eigenvalue weighted by molar-refractivity contribution is 6.25. The van der Waals surface area contributed by atoms with Crippen molar-refractivity contribution < 1.29 is 19.4 Å². The third-order valence-corrected chi connectivity index (χ3v) is 7.80. The molecule has 2 heterocycles. The van der Waals surface area contributed by atoms with Gasteiger partial charge in [-0.15, -0.1) is 0 Å². The maximum Gasteiger partial charge on any atom is 0.261 e. The molecule has 1 unspecified atom stereocenters. The third kappa shape index (κ3) is 5.86. The Balaban J connectivity index is 1.10. The molecular formula is C32H39N3O4. The Morgan fingerprint density at radius 2 is 1.49 bits per heavy atom. The van der Waals surface area contributed by atoms with E-state index in [0.717, 1.165) is 48.3 Å². The van der Waals surface area contributed by atoms with E-state index >= 15 is 0 Å². The largest absolute Gasteiger partial charge is 0.491 e. The number of benzene rings is 3. The van der Waals surface area contributed by atoms with Crippen molar-refractivity contribution in [2.75, 3.05) is 52.4 Å². The number of β-amino-alcohol motifs (C(OH)–C–C–N with tert-alkyl or cyclic N) is 1. The second kappa shape index (κ2) is 11.1. The van der Waals surface area contributed by atoms with E-state index in [4.69, 9.17) is 4.74 Å². The minimum Gasteiger partial charge on any atom is -0.491 e. The average molecular weight is 530 g/mol. The number of nitrogens with zero attached hydrogens (tertiary/aromatic N) is 3. The van der Waals surface area contributed by atoms with Gasteiger partial charge in [0.25, 0.3) is 11.8 Å². The van der Waals surface area contributed by atoms with Crippen LogP contribution in [-0.4, -0.2) is 90.1 Å². The van der Waals surface area contributed by atoms with Gasteiger partial charge < -0.3 is 9.84 Å². The smallest absolute Gasteiger partial charge is 0.261 e. The molecule has 39 heavy (non-hydrogen) atoms. The number of aliphatic hydroxyl groups excluding tert-OH is 1. The molecule has 2 aliphatic heterocycles. The molecule has 1 atom stereocenters. The van der Waals surface area contributed by atoms with Gasteiger partial charge in [0, 0.05) is 62.3 Å². The van der Waals surface area contributed by atoms with Crippen molar-refractivity contribution in [3.8, 4) is 5.75 Å². The quantitative estimate of drug-likeness (QED) is 0.443. The van der Waals surface area contributed by atoms with Crippen molar-refractivity contribution in [1.29, 1.82) is 0 Å². The third-order valence-electron chi connectivity index (χ3n) is 7.80. The number of carbonyl (C=O) groups excluding carboxylic acids is 2. The number of aliphatic hydroxyl groups is 1. The molecule has 7 nitrogen and oxygen atoms in total. The average Bonchev–Trinajstić information content (AvgIpc) is 2.91. The van der Waals surface area contributed by atoms with Crippen molar-refractivity contribution in [2.45, 2.75) is 39.2 Å². The van der Waals surface area contributed by atoms with Crippen LogP contribution in [0.15, 0.2) is 54.6 Å². The molecule has 2 aliphatic rings. The molecule has 0 radical (unpaired) electrons. The van der Waals surface area contributed by atoms with E-state index in [9.17, 15) is 14.7 Å². The number of rotatable bonds is 8. The lowest BCUT2D eigenvalue weighted by Gasteiger charge is -2.36. The molecule has 5 rings (SSSR count). The summed E-state index contributed by atoms with van der Waals surface area (Å²) < 4.78 is 6.06. The molecule has 0 saturated carbocycles. The molecular weight excluding hydrogens is 490 g/mol. The van der Waals surface area contributed by atoms with Gasteiger partial charge in [0.2, 0.25) is 0 Å². The summed E-state index contributed by atoms with van der Waals surface area (Å²) in [5.74, 6) is 0.404. The molecule has 0 bridgehead atoms. The zero-order valence-electron chi connectivity index (χ0n) is 23.4. The van der Waals surface area contributed by atoms with Crippen LogP contribution in [0.5, 0.6) is 5.75 Å². The molecule has 3 aromatic carbocycles. The second-order valence-electron chi connectivity index (χ2n) is 11.8. The number of imide groups is 1. The fraction of sp³-hybridized carbons (Fsp3) is 0.438. The van der Waals surface area contributed by atoms with Crippen LogP contribution in [-0.2, 0) is 5.41 Å². The van der Waals surface area contributed by atoms with Crippen LogP contribution in [0.25, 0.3) is 10.8 Å². The minimum atomic E-state index is -0.586. The number of ether oxygens (including phenoxy) is 1. The monoisotopic (exact) mass is 529 g/mol. The van der Waals surface area contributed by atoms with Crippen LogP contribution in [0.1, 0.15) is 52.6 Å². The number of hydrogen-bond donors (Lipinski definition) is 1. The van der Waals surface area contributed by atoms with E-state index in [1.807, 2.05) is 48.5 Å². The molecule has 1 N–H and O–H groups in total. The van der Waals surface area contributed by atoms with Gasteiger partial charge in [-0.2, -0.15) is 0 Å². The van der Waals surface area contributed by atoms with Crippen molar-refractivity contribution >= 4 is 22.6 Å². The number of amides is 2. The number of hydrogen-bond acceptors (Lipinski definition) is 6. The topological polar surface area (TPSA) is 73.3 Å². The fourth-order valence-corrected chi connectivity index (χ4v) is 5.61. The Hall–Kier alpha value is -3.26. The summed E-state index contributed by atoms with van der Waals surface area (Å²) in [5, 5.41) is 12.4. The van der Waals surface area contributed by atoms with Crippen molar-refractivity contribution in [3.63, 3.8) is 0 Å². The summed E-state index contributed by atoms with van der Waals surface area (Å²) in [7, 11) is 0. The highest BCUT2D eigenvalue weighted by Gasteiger charge is 2.33. The summed E-state index contributed by atoms with van der Waals surface area (Å²) in [6.07, 6.45) is -0.586. The van der Waals surface area contributed by atoms with Gasteiger partial charge in [0.05, 0.1) is 0 Å². The summed E-state index contributed by atoms with van der Waals surface area (Å²) in [6, 6.07) is 17.4. The summed E-state index contributed by atoms with van der Waals surface area (Å²) in [5.41, 5.74) is 3.51. The zero-order chi connectivity index (χ0) is 27.7. The molecule has 7 heteroatoms. The standard InChI is InChI=1S/C32H39N3O4/c1-22-11-12-28(27(19-22)32(2,3)4)39-21-24(36)20-34-15-13-33(14-16-34)17-18-35-30(37)25-9-5-7-23-8-6-10-26(29(23)25)31(35)38/h5-12,19,24,36H,13-18,20-21H2,1-4H3. The second-order valence-corrected chi connectivity index (χ2v) is 11.8. The number of piperazine rings is 1. The molecule has 1 fully saturated rings. The highest BCUT2D eigenvalue weighted by Crippen LogP contribution is 2.32. The van der Waals surface area contributed by atoms with Crippen LogP contribution in [0.3, 0.4) is 0 Å². The summed E-state index contributed by atoms with van der Waals surface area (Å²) >= 11 is 0. The molecule has 3 aromatic rings. The van der Waals surface area contributed by atoms with Gasteiger partial charge in [-0.1, -0.05) is 62.7 Å². The van der Waals surface area contributed by atoms with E-state index in [1.165, 1.54) is 10.5 Å². The Bertz CT molecular complexity index is 1320. The first kappa shape index (κ1) is 27.3. The fourth-order valence-electron chi connectivity index (χ4n) is 5.61. The first-order chi connectivity index (χ1) is 18.6. The van der Waals surface area contributed by atoms with Gasteiger partial charge in [-0.05, 0) is 41.5 Å². The lowest BCUT2D eigenvalue weighted by Crippen LogP contribution is -2.51. The van der Waals surface area contributed by atoms with Gasteiger partial charge in [0.1, 0.15) is 18.5 Å². The molecule has 206 valence electrons. The van der Waals surface area contributed by atoms with Crippen molar-refractivity contribution in [1.82, 2.24) is 14.7 Å². The minimum absolute atomic E-state index is 0.0389. The van der Waals surface area contributed by atoms with Crippen molar-refractivity contribution in [2.24, 2.45) is 0 Å². The van der Waals surface area contributed by atoms with E-state index in [0.29, 0.717) is 30.8 Å². The van der Waals surface area contributed by atoms with Crippen LogP contribution in [0.4, 0.5) is 0 Å². The Morgan fingerprint density at radius 1 is 0.872 bits per heavy atom.